The minimum Gasteiger partial charge on any atom is -0.326 e. The summed E-state index contributed by atoms with van der Waals surface area (Å²) in [6, 6.07) is 10.8. The number of carbonyl (C=O) groups is 3. The average Bonchev–Trinajstić information content (AvgIpc) is 2.91. The van der Waals surface area contributed by atoms with Crippen molar-refractivity contribution in [3.63, 3.8) is 0 Å². The molecule has 0 radical (unpaired) electrons. The molecule has 2 aromatic rings. The molecule has 10 heteroatoms. The van der Waals surface area contributed by atoms with Crippen LogP contribution < -0.4 is 10.7 Å². The summed E-state index contributed by atoms with van der Waals surface area (Å²) in [4.78, 5) is 39.6. The number of hydrazine groups is 1. The van der Waals surface area contributed by atoms with Crippen LogP contribution in [0.3, 0.4) is 0 Å². The Morgan fingerprint density at radius 2 is 1.90 bits per heavy atom. The van der Waals surface area contributed by atoms with Gasteiger partial charge in [-0.2, -0.15) is 0 Å². The average molecular weight is 479 g/mol. The Kier molecular flexibility index (Phi) is 7.15. The maximum Gasteiger partial charge on any atom is 0.271 e. The molecule has 0 aromatic heterocycles. The lowest BCUT2D eigenvalue weighted by atomic mass is 10.1. The second-order valence-electron chi connectivity index (χ2n) is 6.94. The quantitative estimate of drug-likeness (QED) is 0.617. The first kappa shape index (κ1) is 23.0. The molecule has 2 aromatic carbocycles. The predicted molar refractivity (Wildman–Crippen MR) is 124 cm³/mol. The van der Waals surface area contributed by atoms with Gasteiger partial charge in [-0.1, -0.05) is 35.3 Å². The molecule has 1 heterocycles. The summed E-state index contributed by atoms with van der Waals surface area (Å²) in [7, 11) is 0. The number of benzene rings is 2. The molecule has 31 heavy (non-hydrogen) atoms. The SMILES string of the molecule is CCN1C(=O)C(CC(=O)Nc2cccc(C)c2)N(NC(=O)c2ccc(Cl)cc2Cl)C1=S. The van der Waals surface area contributed by atoms with Gasteiger partial charge in [-0.3, -0.25) is 24.7 Å². The number of amides is 3. The van der Waals surface area contributed by atoms with Gasteiger partial charge in [-0.05, 0) is 62.0 Å². The predicted octanol–water partition coefficient (Wildman–Crippen LogP) is 3.79. The van der Waals surface area contributed by atoms with Gasteiger partial charge in [0.05, 0.1) is 17.0 Å². The first-order valence-corrected chi connectivity index (χ1v) is 10.6. The van der Waals surface area contributed by atoms with Gasteiger partial charge in [-0.25, -0.2) is 5.01 Å². The van der Waals surface area contributed by atoms with Crippen molar-refractivity contribution in [1.29, 1.82) is 0 Å². The fraction of sp³-hybridized carbons (Fsp3) is 0.238. The molecule has 1 fully saturated rings. The van der Waals surface area contributed by atoms with Gasteiger partial charge in [-0.15, -0.1) is 0 Å². The molecule has 3 amide bonds. The lowest BCUT2D eigenvalue weighted by Crippen LogP contribution is -2.49. The Hall–Kier alpha value is -2.68. The first-order chi connectivity index (χ1) is 14.7. The number of likely N-dealkylation sites (N-methyl/N-ethyl adjacent to an activating group) is 1. The number of nitrogens with zero attached hydrogens (tertiary/aromatic N) is 2. The van der Waals surface area contributed by atoms with Gasteiger partial charge >= 0.3 is 0 Å². The number of halogens is 2. The van der Waals surface area contributed by atoms with Gasteiger partial charge in [0.2, 0.25) is 5.91 Å². The molecule has 7 nitrogen and oxygen atoms in total. The summed E-state index contributed by atoms with van der Waals surface area (Å²) in [6.07, 6.45) is -0.196. The molecule has 2 N–H and O–H groups in total. The van der Waals surface area contributed by atoms with Crippen molar-refractivity contribution in [3.8, 4) is 0 Å². The molecule has 0 saturated carbocycles. The largest absolute Gasteiger partial charge is 0.326 e. The third kappa shape index (κ3) is 5.15. The summed E-state index contributed by atoms with van der Waals surface area (Å²) in [5, 5.41) is 4.66. The number of thiocarbonyl (C=S) groups is 1. The number of hydrogen-bond donors (Lipinski definition) is 2. The number of rotatable bonds is 6. The minimum atomic E-state index is -0.979. The van der Waals surface area contributed by atoms with Crippen molar-refractivity contribution < 1.29 is 14.4 Å². The maximum atomic E-state index is 12.9. The van der Waals surface area contributed by atoms with Gasteiger partial charge in [0.1, 0.15) is 6.04 Å². The highest BCUT2D eigenvalue weighted by Crippen LogP contribution is 2.23. The summed E-state index contributed by atoms with van der Waals surface area (Å²) in [6.45, 7) is 3.98. The van der Waals surface area contributed by atoms with Crippen LogP contribution in [-0.2, 0) is 9.59 Å². The molecular formula is C21H20Cl2N4O3S. The molecule has 1 unspecified atom stereocenters. The van der Waals surface area contributed by atoms with E-state index in [-0.39, 0.29) is 33.9 Å². The topological polar surface area (TPSA) is 81.8 Å². The standard InChI is InChI=1S/C21H20Cl2N4O3S/c1-3-26-20(30)17(11-18(28)24-14-6-4-5-12(2)9-14)27(21(26)31)25-19(29)15-8-7-13(22)10-16(15)23/h4-10,17H,3,11H2,1-2H3,(H,24,28)(H,25,29). The maximum absolute atomic E-state index is 12.9. The normalized spacial score (nSPS) is 15.9. The summed E-state index contributed by atoms with van der Waals surface area (Å²) in [5.41, 5.74) is 4.38. The van der Waals surface area contributed by atoms with E-state index in [0.717, 1.165) is 5.56 Å². The van der Waals surface area contributed by atoms with Gasteiger partial charge < -0.3 is 5.32 Å². The number of anilines is 1. The van der Waals surface area contributed by atoms with Crippen LogP contribution >= 0.6 is 35.4 Å². The van der Waals surface area contributed by atoms with Crippen molar-refractivity contribution >= 4 is 63.9 Å². The first-order valence-electron chi connectivity index (χ1n) is 9.48. The number of hydrogen-bond acceptors (Lipinski definition) is 4. The van der Waals surface area contributed by atoms with E-state index in [2.05, 4.69) is 10.7 Å². The van der Waals surface area contributed by atoms with Crippen LogP contribution in [0.1, 0.15) is 29.3 Å². The monoisotopic (exact) mass is 478 g/mol. The Bertz CT molecular complexity index is 1060. The molecule has 0 aliphatic carbocycles. The van der Waals surface area contributed by atoms with Crippen LogP contribution in [0, 0.1) is 6.92 Å². The Balaban J connectivity index is 1.79. The Labute approximate surface area is 195 Å². The van der Waals surface area contributed by atoms with E-state index in [1.165, 1.54) is 28.1 Å². The second-order valence-corrected chi connectivity index (χ2v) is 8.15. The van der Waals surface area contributed by atoms with E-state index >= 15 is 0 Å². The van der Waals surface area contributed by atoms with Crippen LogP contribution in [0.15, 0.2) is 42.5 Å². The van der Waals surface area contributed by atoms with E-state index in [1.54, 1.807) is 13.0 Å². The number of nitrogens with one attached hydrogen (secondary N) is 2. The minimum absolute atomic E-state index is 0.110. The lowest BCUT2D eigenvalue weighted by molar-refractivity contribution is -0.130. The highest BCUT2D eigenvalue weighted by Gasteiger charge is 2.44. The third-order valence-electron chi connectivity index (χ3n) is 4.69. The van der Waals surface area contributed by atoms with Crippen LogP contribution in [0.4, 0.5) is 5.69 Å². The fourth-order valence-corrected chi connectivity index (χ4v) is 4.08. The van der Waals surface area contributed by atoms with Crippen molar-refractivity contribution in [2.45, 2.75) is 26.3 Å². The van der Waals surface area contributed by atoms with E-state index in [4.69, 9.17) is 35.4 Å². The molecule has 0 spiro atoms. The molecule has 3 rings (SSSR count). The Morgan fingerprint density at radius 1 is 1.16 bits per heavy atom. The zero-order chi connectivity index (χ0) is 22.7. The van der Waals surface area contributed by atoms with Gasteiger partial charge in [0.25, 0.3) is 11.8 Å². The highest BCUT2D eigenvalue weighted by atomic mass is 35.5. The Morgan fingerprint density at radius 3 is 2.55 bits per heavy atom. The van der Waals surface area contributed by atoms with Crippen molar-refractivity contribution in [1.82, 2.24) is 15.3 Å². The molecular weight excluding hydrogens is 459 g/mol. The number of aryl methyl sites for hydroxylation is 1. The van der Waals surface area contributed by atoms with E-state index < -0.39 is 11.9 Å². The summed E-state index contributed by atoms with van der Waals surface area (Å²) >= 11 is 17.4. The highest BCUT2D eigenvalue weighted by molar-refractivity contribution is 7.80. The van der Waals surface area contributed by atoms with Gasteiger partial charge in [0.15, 0.2) is 5.11 Å². The van der Waals surface area contributed by atoms with Crippen LogP contribution in [0.5, 0.6) is 0 Å². The number of carbonyl (C=O) groups excluding carboxylic acids is 3. The van der Waals surface area contributed by atoms with Crippen molar-refractivity contribution in [3.05, 3.63) is 63.6 Å². The van der Waals surface area contributed by atoms with Crippen LogP contribution in [0.25, 0.3) is 0 Å². The summed E-state index contributed by atoms with van der Waals surface area (Å²) < 4.78 is 0. The van der Waals surface area contributed by atoms with Crippen LogP contribution in [0.2, 0.25) is 10.0 Å². The smallest absolute Gasteiger partial charge is 0.271 e. The zero-order valence-electron chi connectivity index (χ0n) is 16.8. The van der Waals surface area contributed by atoms with E-state index in [9.17, 15) is 14.4 Å². The van der Waals surface area contributed by atoms with Crippen LogP contribution in [-0.4, -0.2) is 45.3 Å². The third-order valence-corrected chi connectivity index (χ3v) is 5.66. The lowest BCUT2D eigenvalue weighted by Gasteiger charge is -2.24. The van der Waals surface area contributed by atoms with E-state index in [0.29, 0.717) is 17.3 Å². The van der Waals surface area contributed by atoms with Crippen molar-refractivity contribution in [2.24, 2.45) is 0 Å². The van der Waals surface area contributed by atoms with Gasteiger partial charge in [0, 0.05) is 17.3 Å². The molecule has 1 saturated heterocycles. The second kappa shape index (κ2) is 9.64. The molecule has 162 valence electrons. The molecule has 0 bridgehead atoms. The molecule has 1 atom stereocenters. The fourth-order valence-electron chi connectivity index (χ4n) is 3.20. The van der Waals surface area contributed by atoms with E-state index in [1.807, 2.05) is 25.1 Å². The molecule has 1 aliphatic rings. The summed E-state index contributed by atoms with van der Waals surface area (Å²) in [5.74, 6) is -1.32. The molecule has 1 aliphatic heterocycles. The zero-order valence-corrected chi connectivity index (χ0v) is 19.1. The van der Waals surface area contributed by atoms with Crippen molar-refractivity contribution in [2.75, 3.05) is 11.9 Å².